The number of aromatic hydroxyl groups is 1. The first-order valence-electron chi connectivity index (χ1n) is 12.3. The Kier molecular flexibility index (Phi) is 5.82. The van der Waals surface area contributed by atoms with Crippen molar-refractivity contribution in [2.24, 2.45) is 7.05 Å². The van der Waals surface area contributed by atoms with Gasteiger partial charge in [-0.1, -0.05) is 29.8 Å². The predicted octanol–water partition coefficient (Wildman–Crippen LogP) is 4.08. The average Bonchev–Trinajstić information content (AvgIpc) is 3.51. The van der Waals surface area contributed by atoms with E-state index in [0.717, 1.165) is 37.0 Å². The Hall–Kier alpha value is -3.59. The van der Waals surface area contributed by atoms with Crippen LogP contribution in [0.25, 0.3) is 32.9 Å². The number of likely N-dealkylation sites (tertiary alicyclic amines) is 1. The van der Waals surface area contributed by atoms with Gasteiger partial charge < -0.3 is 24.4 Å². The van der Waals surface area contributed by atoms with Gasteiger partial charge in [-0.05, 0) is 36.6 Å². The molecule has 1 saturated heterocycles. The van der Waals surface area contributed by atoms with Crippen LogP contribution in [0.3, 0.4) is 0 Å². The topological polar surface area (TPSA) is 104 Å². The van der Waals surface area contributed by atoms with Crippen LogP contribution in [-0.2, 0) is 7.05 Å². The van der Waals surface area contributed by atoms with E-state index in [0.29, 0.717) is 45.8 Å². The van der Waals surface area contributed by atoms with Crippen molar-refractivity contribution < 1.29 is 24.5 Å². The van der Waals surface area contributed by atoms with Crippen molar-refractivity contribution in [2.45, 2.75) is 18.9 Å². The maximum absolute atomic E-state index is 13.0. The number of hydrogen-bond acceptors (Lipinski definition) is 6. The van der Waals surface area contributed by atoms with Crippen molar-refractivity contribution in [3.63, 3.8) is 0 Å². The minimum absolute atomic E-state index is 0.0368. The number of aliphatic hydroxyl groups excluding tert-OH is 1. The highest BCUT2D eigenvalue weighted by molar-refractivity contribution is 6.36. The van der Waals surface area contributed by atoms with E-state index < -0.39 is 11.8 Å². The first-order valence-corrected chi connectivity index (χ1v) is 12.7. The van der Waals surface area contributed by atoms with Gasteiger partial charge in [0, 0.05) is 54.1 Å². The summed E-state index contributed by atoms with van der Waals surface area (Å²) in [6.45, 7) is 2.79. The quantitative estimate of drug-likeness (QED) is 0.262. The molecule has 1 unspecified atom stereocenters. The molecule has 3 aromatic carbocycles. The Labute approximate surface area is 218 Å². The molecule has 4 aromatic rings. The van der Waals surface area contributed by atoms with Crippen LogP contribution in [0.15, 0.2) is 42.5 Å². The van der Waals surface area contributed by atoms with Crippen LogP contribution in [0, 0.1) is 0 Å². The first kappa shape index (κ1) is 23.8. The molecular formula is C28H26ClN3O5. The normalized spacial score (nSPS) is 17.6. The fourth-order valence-electron chi connectivity index (χ4n) is 5.56. The first-order chi connectivity index (χ1) is 17.8. The van der Waals surface area contributed by atoms with E-state index in [1.807, 2.05) is 35.9 Å². The highest BCUT2D eigenvalue weighted by Crippen LogP contribution is 2.44. The van der Waals surface area contributed by atoms with E-state index >= 15 is 0 Å². The summed E-state index contributed by atoms with van der Waals surface area (Å²) in [6.07, 6.45) is 1.30. The summed E-state index contributed by atoms with van der Waals surface area (Å²) in [4.78, 5) is 28.1. The second kappa shape index (κ2) is 9.06. The van der Waals surface area contributed by atoms with E-state index in [1.165, 1.54) is 0 Å². The van der Waals surface area contributed by atoms with Crippen molar-refractivity contribution in [2.75, 3.05) is 26.2 Å². The van der Waals surface area contributed by atoms with Crippen LogP contribution < -0.4 is 10.1 Å². The number of rotatable bonds is 6. The Morgan fingerprint density at radius 2 is 1.86 bits per heavy atom. The van der Waals surface area contributed by atoms with E-state index in [4.69, 9.17) is 16.3 Å². The molecule has 0 saturated carbocycles. The predicted molar refractivity (Wildman–Crippen MR) is 142 cm³/mol. The van der Waals surface area contributed by atoms with Gasteiger partial charge in [0.25, 0.3) is 11.8 Å². The molecule has 8 nitrogen and oxygen atoms in total. The van der Waals surface area contributed by atoms with Gasteiger partial charge in [-0.3, -0.25) is 14.9 Å². The second-order valence-corrected chi connectivity index (χ2v) is 10.1. The fourth-order valence-corrected chi connectivity index (χ4v) is 5.79. The SMILES string of the molecule is Cn1c2cc(OCCCN3CCC(O)C3)c(O)cc2c2c3c(c(-c4ccccc4Cl)cc21)C(=O)NC3=O. The lowest BCUT2D eigenvalue weighted by Crippen LogP contribution is -2.24. The van der Waals surface area contributed by atoms with Gasteiger partial charge in [-0.25, -0.2) is 0 Å². The number of halogens is 1. The van der Waals surface area contributed by atoms with Crippen LogP contribution in [0.5, 0.6) is 11.5 Å². The zero-order valence-electron chi connectivity index (χ0n) is 20.3. The number of amides is 2. The van der Waals surface area contributed by atoms with Crippen LogP contribution in [-0.4, -0.2) is 63.8 Å². The molecule has 37 heavy (non-hydrogen) atoms. The monoisotopic (exact) mass is 519 g/mol. The third kappa shape index (κ3) is 3.92. The average molecular weight is 520 g/mol. The van der Waals surface area contributed by atoms with Crippen molar-refractivity contribution in [1.29, 1.82) is 0 Å². The van der Waals surface area contributed by atoms with Crippen molar-refractivity contribution in [3.8, 4) is 22.6 Å². The van der Waals surface area contributed by atoms with Crippen LogP contribution >= 0.6 is 11.6 Å². The Balaban J connectivity index is 1.42. The number of nitrogens with zero attached hydrogens (tertiary/aromatic N) is 2. The number of β-amino-alcohol motifs (C(OH)–C–C–N with tert-alkyl or cyclic N) is 1. The summed E-state index contributed by atoms with van der Waals surface area (Å²) in [5, 5.41) is 24.6. The van der Waals surface area contributed by atoms with E-state index in [-0.39, 0.29) is 23.0 Å². The third-order valence-electron chi connectivity index (χ3n) is 7.34. The minimum Gasteiger partial charge on any atom is -0.504 e. The molecule has 1 atom stereocenters. The Morgan fingerprint density at radius 1 is 1.08 bits per heavy atom. The van der Waals surface area contributed by atoms with Gasteiger partial charge in [-0.15, -0.1) is 0 Å². The number of imide groups is 1. The minimum atomic E-state index is -0.474. The smallest absolute Gasteiger partial charge is 0.259 e. The molecule has 1 fully saturated rings. The number of phenols is 1. The van der Waals surface area contributed by atoms with E-state index in [9.17, 15) is 19.8 Å². The van der Waals surface area contributed by atoms with Crippen molar-refractivity contribution >= 4 is 45.2 Å². The molecule has 0 bridgehead atoms. The van der Waals surface area contributed by atoms with Gasteiger partial charge in [0.05, 0.1) is 34.9 Å². The number of fused-ring (bicyclic) bond motifs is 5. The summed E-state index contributed by atoms with van der Waals surface area (Å²) in [5.74, 6) is -0.629. The number of carbonyl (C=O) groups excluding carboxylic acids is 2. The zero-order valence-corrected chi connectivity index (χ0v) is 21.0. The number of carbonyl (C=O) groups is 2. The number of hydrogen-bond donors (Lipinski definition) is 3. The van der Waals surface area contributed by atoms with Gasteiger partial charge in [0.15, 0.2) is 11.5 Å². The van der Waals surface area contributed by atoms with Gasteiger partial charge in [0.1, 0.15) is 0 Å². The Bertz CT molecular complexity index is 1590. The van der Waals surface area contributed by atoms with E-state index in [1.54, 1.807) is 18.2 Å². The van der Waals surface area contributed by atoms with Crippen LogP contribution in [0.4, 0.5) is 0 Å². The van der Waals surface area contributed by atoms with Crippen LogP contribution in [0.1, 0.15) is 33.6 Å². The third-order valence-corrected chi connectivity index (χ3v) is 7.67. The number of benzene rings is 3. The number of nitrogens with one attached hydrogen (secondary N) is 1. The summed E-state index contributed by atoms with van der Waals surface area (Å²) < 4.78 is 7.85. The zero-order chi connectivity index (χ0) is 25.8. The molecule has 9 heteroatoms. The number of phenolic OH excluding ortho intramolecular Hbond substituents is 1. The van der Waals surface area contributed by atoms with Crippen molar-refractivity contribution in [3.05, 3.63) is 58.6 Å². The van der Waals surface area contributed by atoms with Crippen LogP contribution in [0.2, 0.25) is 5.02 Å². The molecule has 2 aliphatic heterocycles. The number of aryl methyl sites for hydroxylation is 1. The molecule has 2 aliphatic rings. The maximum atomic E-state index is 13.0. The summed E-state index contributed by atoms with van der Waals surface area (Å²) >= 11 is 6.48. The summed E-state index contributed by atoms with van der Waals surface area (Å²) in [6, 6.07) is 12.4. The number of aliphatic hydroxyl groups is 1. The standard InChI is InChI=1S/C28H26ClN3O5/c1-31-20-13-23(37-10-4-8-32-9-7-15(33)14-32)22(34)12-18(20)24-21(31)11-17(16-5-2-3-6-19(16)29)25-26(24)28(36)30-27(25)35/h2-3,5-6,11-13,15,33-34H,4,7-10,14H2,1H3,(H,30,35,36). The number of ether oxygens (including phenoxy) is 1. The molecule has 6 rings (SSSR count). The fraction of sp³-hybridized carbons (Fsp3) is 0.286. The van der Waals surface area contributed by atoms with Gasteiger partial charge >= 0.3 is 0 Å². The molecule has 0 spiro atoms. The molecule has 0 aliphatic carbocycles. The van der Waals surface area contributed by atoms with Crippen molar-refractivity contribution in [1.82, 2.24) is 14.8 Å². The largest absolute Gasteiger partial charge is 0.504 e. The molecular weight excluding hydrogens is 494 g/mol. The lowest BCUT2D eigenvalue weighted by molar-refractivity contribution is 0.0880. The molecule has 3 heterocycles. The lowest BCUT2D eigenvalue weighted by atomic mass is 9.93. The van der Waals surface area contributed by atoms with Gasteiger partial charge in [-0.2, -0.15) is 0 Å². The number of aromatic nitrogens is 1. The second-order valence-electron chi connectivity index (χ2n) is 9.67. The molecule has 190 valence electrons. The lowest BCUT2D eigenvalue weighted by Gasteiger charge is -2.15. The highest BCUT2D eigenvalue weighted by atomic mass is 35.5. The van der Waals surface area contributed by atoms with E-state index in [2.05, 4.69) is 10.2 Å². The van der Waals surface area contributed by atoms with Gasteiger partial charge in [0.2, 0.25) is 0 Å². The molecule has 0 radical (unpaired) electrons. The maximum Gasteiger partial charge on any atom is 0.259 e. The molecule has 1 aromatic heterocycles. The summed E-state index contributed by atoms with van der Waals surface area (Å²) in [5.41, 5.74) is 3.30. The summed E-state index contributed by atoms with van der Waals surface area (Å²) in [7, 11) is 1.88. The molecule has 3 N–H and O–H groups in total. The highest BCUT2D eigenvalue weighted by Gasteiger charge is 2.35. The Morgan fingerprint density at radius 3 is 2.62 bits per heavy atom. The molecule has 2 amide bonds.